The van der Waals surface area contributed by atoms with Crippen molar-refractivity contribution in [1.82, 2.24) is 4.57 Å². The average Bonchev–Trinajstić information content (AvgIpc) is 3.12. The van der Waals surface area contributed by atoms with Gasteiger partial charge < -0.3 is 14.6 Å². The number of nitrogens with one attached hydrogen (secondary N) is 1. The van der Waals surface area contributed by atoms with Crippen LogP contribution in [0.4, 0.5) is 5.69 Å². The summed E-state index contributed by atoms with van der Waals surface area (Å²) >= 11 is 0. The quantitative estimate of drug-likeness (QED) is 0.398. The number of ether oxygens (including phenoxy) is 1. The van der Waals surface area contributed by atoms with Crippen molar-refractivity contribution in [2.45, 2.75) is 18.4 Å². The molecule has 0 bridgehead atoms. The molecule has 0 aliphatic carbocycles. The molecule has 34 heavy (non-hydrogen) atoms. The number of aromatic nitrogens is 1. The summed E-state index contributed by atoms with van der Waals surface area (Å²) in [4.78, 5) is 13.2. The predicted octanol–water partition coefficient (Wildman–Crippen LogP) is 5.24. The minimum absolute atomic E-state index is 0.204. The third-order valence-electron chi connectivity index (χ3n) is 5.60. The minimum atomic E-state index is -3.29. The lowest BCUT2D eigenvalue weighted by atomic mass is 10.0. The fraction of sp³-hybridized carbons (Fsp3) is 0.148. The highest BCUT2D eigenvalue weighted by molar-refractivity contribution is 7.90. The first-order chi connectivity index (χ1) is 16.2. The molecule has 7 heteroatoms. The number of hydrogen-bond donors (Lipinski definition) is 1. The van der Waals surface area contributed by atoms with E-state index in [-0.39, 0.29) is 10.8 Å². The van der Waals surface area contributed by atoms with Gasteiger partial charge in [0.05, 0.1) is 16.2 Å². The molecular weight excluding hydrogens is 448 g/mol. The number of amides is 1. The third kappa shape index (κ3) is 5.05. The maximum Gasteiger partial charge on any atom is 0.257 e. The first kappa shape index (κ1) is 23.3. The molecule has 1 amide bonds. The van der Waals surface area contributed by atoms with Crippen LogP contribution in [0.2, 0.25) is 0 Å². The van der Waals surface area contributed by atoms with E-state index in [1.54, 1.807) is 18.3 Å². The van der Waals surface area contributed by atoms with E-state index in [4.69, 9.17) is 4.74 Å². The molecule has 3 aromatic carbocycles. The van der Waals surface area contributed by atoms with Gasteiger partial charge in [-0.05, 0) is 54.4 Å². The lowest BCUT2D eigenvalue weighted by Gasteiger charge is -2.13. The fourth-order valence-corrected chi connectivity index (χ4v) is 4.51. The van der Waals surface area contributed by atoms with Gasteiger partial charge in [-0.3, -0.25) is 4.79 Å². The van der Waals surface area contributed by atoms with Crippen molar-refractivity contribution < 1.29 is 17.9 Å². The Kier molecular flexibility index (Phi) is 6.56. The molecule has 174 valence electrons. The van der Waals surface area contributed by atoms with Crippen molar-refractivity contribution in [3.63, 3.8) is 0 Å². The Morgan fingerprint density at radius 2 is 1.59 bits per heavy atom. The van der Waals surface area contributed by atoms with Gasteiger partial charge in [0.15, 0.2) is 9.84 Å². The highest BCUT2D eigenvalue weighted by Crippen LogP contribution is 2.35. The Morgan fingerprint density at radius 3 is 2.26 bits per heavy atom. The summed E-state index contributed by atoms with van der Waals surface area (Å²) < 4.78 is 31.4. The van der Waals surface area contributed by atoms with E-state index in [0.29, 0.717) is 17.9 Å². The number of aryl methyl sites for hydroxylation is 1. The molecule has 1 heterocycles. The number of carbonyl (C=O) groups excluding carboxylic acids is 1. The topological polar surface area (TPSA) is 77.4 Å². The van der Waals surface area contributed by atoms with Crippen LogP contribution in [0, 0.1) is 6.92 Å². The van der Waals surface area contributed by atoms with E-state index in [0.717, 1.165) is 34.4 Å². The average molecular weight is 475 g/mol. The lowest BCUT2D eigenvalue weighted by Crippen LogP contribution is -2.12. The number of para-hydroxylation sites is 1. The molecule has 4 aromatic rings. The molecule has 1 N–H and O–H groups in total. The van der Waals surface area contributed by atoms with E-state index in [1.165, 1.54) is 12.1 Å². The van der Waals surface area contributed by atoms with Crippen molar-refractivity contribution >= 4 is 21.4 Å². The Bertz CT molecular complexity index is 1420. The van der Waals surface area contributed by atoms with Gasteiger partial charge in [0.1, 0.15) is 12.4 Å². The zero-order chi connectivity index (χ0) is 24.3. The van der Waals surface area contributed by atoms with Gasteiger partial charge in [-0.25, -0.2) is 8.42 Å². The smallest absolute Gasteiger partial charge is 0.257 e. The third-order valence-corrected chi connectivity index (χ3v) is 6.73. The number of carbonyl (C=O) groups is 1. The van der Waals surface area contributed by atoms with Crippen LogP contribution in [0.15, 0.2) is 90.0 Å². The molecule has 0 aliphatic heterocycles. The van der Waals surface area contributed by atoms with Crippen molar-refractivity contribution in [1.29, 1.82) is 0 Å². The summed E-state index contributed by atoms with van der Waals surface area (Å²) in [5.41, 5.74) is 4.74. The first-order valence-electron chi connectivity index (χ1n) is 10.8. The molecule has 6 nitrogen and oxygen atoms in total. The van der Waals surface area contributed by atoms with Crippen molar-refractivity contribution in [3.05, 3.63) is 102 Å². The largest absolute Gasteiger partial charge is 0.488 e. The Hall–Kier alpha value is -3.84. The fourth-order valence-electron chi connectivity index (χ4n) is 3.88. The summed E-state index contributed by atoms with van der Waals surface area (Å²) in [5.74, 6) is 0.466. The number of rotatable bonds is 7. The number of sulfone groups is 1. The van der Waals surface area contributed by atoms with Gasteiger partial charge in [-0.2, -0.15) is 0 Å². The van der Waals surface area contributed by atoms with Crippen LogP contribution in [-0.2, 0) is 23.5 Å². The summed E-state index contributed by atoms with van der Waals surface area (Å²) in [6.07, 6.45) is 2.94. The molecule has 0 saturated heterocycles. The predicted molar refractivity (Wildman–Crippen MR) is 134 cm³/mol. The van der Waals surface area contributed by atoms with Crippen molar-refractivity contribution in [2.75, 3.05) is 11.6 Å². The number of hydrogen-bond acceptors (Lipinski definition) is 4. The lowest BCUT2D eigenvalue weighted by molar-refractivity contribution is 0.102. The maximum atomic E-state index is 13.0. The van der Waals surface area contributed by atoms with Crippen LogP contribution in [0.3, 0.4) is 0 Å². The number of nitrogens with zero attached hydrogens (tertiary/aromatic N) is 1. The van der Waals surface area contributed by atoms with Crippen molar-refractivity contribution in [3.8, 4) is 17.0 Å². The Balaban J connectivity index is 1.59. The first-order valence-corrected chi connectivity index (χ1v) is 12.7. The van der Waals surface area contributed by atoms with Gasteiger partial charge >= 0.3 is 0 Å². The second kappa shape index (κ2) is 9.57. The molecule has 0 fully saturated rings. The molecule has 4 rings (SSSR count). The summed E-state index contributed by atoms with van der Waals surface area (Å²) in [5, 5.41) is 2.85. The molecule has 1 aromatic heterocycles. The van der Waals surface area contributed by atoms with Crippen LogP contribution >= 0.6 is 0 Å². The molecular formula is C27H26N2O4S. The van der Waals surface area contributed by atoms with Crippen LogP contribution in [0.5, 0.6) is 5.75 Å². The maximum absolute atomic E-state index is 13.0. The number of anilines is 1. The van der Waals surface area contributed by atoms with E-state index < -0.39 is 9.84 Å². The van der Waals surface area contributed by atoms with Crippen LogP contribution in [0.25, 0.3) is 11.3 Å². The standard InChI is InChI=1S/C27H26N2O4S/c1-19-24(27(30)28-21-13-15-22(16-14-21)34(3,31)32)17-29(2)26(19)23-11-7-8-12-25(23)33-18-20-9-5-4-6-10-20/h4-17H,18H2,1-3H3,(H,28,30). The highest BCUT2D eigenvalue weighted by atomic mass is 32.2. The molecule has 0 radical (unpaired) electrons. The van der Waals surface area contributed by atoms with Crippen LogP contribution < -0.4 is 10.1 Å². The monoisotopic (exact) mass is 474 g/mol. The summed E-state index contributed by atoms with van der Waals surface area (Å²) in [6, 6.07) is 23.9. The number of benzene rings is 3. The van der Waals surface area contributed by atoms with Crippen LogP contribution in [0.1, 0.15) is 21.5 Å². The SMILES string of the molecule is Cc1c(C(=O)Nc2ccc(S(C)(=O)=O)cc2)cn(C)c1-c1ccccc1OCc1ccccc1. The van der Waals surface area contributed by atoms with Crippen LogP contribution in [-0.4, -0.2) is 25.1 Å². The molecule has 0 atom stereocenters. The summed E-state index contributed by atoms with van der Waals surface area (Å²) in [7, 11) is -1.40. The van der Waals surface area contributed by atoms with E-state index in [9.17, 15) is 13.2 Å². The van der Waals surface area contributed by atoms with Gasteiger partial charge in [0.2, 0.25) is 0 Å². The van der Waals surface area contributed by atoms with Gasteiger partial charge in [-0.15, -0.1) is 0 Å². The normalized spacial score (nSPS) is 11.3. The Labute approximate surface area is 199 Å². The van der Waals surface area contributed by atoms with Crippen molar-refractivity contribution in [2.24, 2.45) is 7.05 Å². The molecule has 0 unspecified atom stereocenters. The Morgan fingerprint density at radius 1 is 0.941 bits per heavy atom. The zero-order valence-corrected chi connectivity index (χ0v) is 20.1. The van der Waals surface area contributed by atoms with Gasteiger partial charge in [-0.1, -0.05) is 42.5 Å². The molecule has 0 aliphatic rings. The van der Waals surface area contributed by atoms with E-state index in [1.807, 2.05) is 73.1 Å². The minimum Gasteiger partial charge on any atom is -0.488 e. The van der Waals surface area contributed by atoms with E-state index in [2.05, 4.69) is 5.32 Å². The zero-order valence-electron chi connectivity index (χ0n) is 19.3. The van der Waals surface area contributed by atoms with E-state index >= 15 is 0 Å². The molecule has 0 saturated carbocycles. The van der Waals surface area contributed by atoms with Gasteiger partial charge in [0, 0.05) is 30.8 Å². The second-order valence-corrected chi connectivity index (χ2v) is 10.2. The second-order valence-electron chi connectivity index (χ2n) is 8.15. The molecule has 0 spiro atoms. The highest BCUT2D eigenvalue weighted by Gasteiger charge is 2.20. The summed E-state index contributed by atoms with van der Waals surface area (Å²) in [6.45, 7) is 2.35. The van der Waals surface area contributed by atoms with Gasteiger partial charge in [0.25, 0.3) is 5.91 Å².